The first-order valence-corrected chi connectivity index (χ1v) is 6.47. The van der Waals surface area contributed by atoms with Crippen LogP contribution in [-0.2, 0) is 0 Å². The van der Waals surface area contributed by atoms with Crippen molar-refractivity contribution in [1.82, 2.24) is 15.5 Å². The minimum Gasteiger partial charge on any atom is -0.310 e. The van der Waals surface area contributed by atoms with E-state index in [1.807, 2.05) is 12.4 Å². The Morgan fingerprint density at radius 1 is 1.44 bits per heavy atom. The van der Waals surface area contributed by atoms with Crippen molar-refractivity contribution in [3.05, 3.63) is 18.0 Å². The summed E-state index contributed by atoms with van der Waals surface area (Å²) in [4.78, 5) is 0. The first-order chi connectivity index (χ1) is 7.75. The molecule has 0 saturated heterocycles. The lowest BCUT2D eigenvalue weighted by molar-refractivity contribution is 0.276. The van der Waals surface area contributed by atoms with Crippen molar-refractivity contribution in [3.8, 4) is 0 Å². The van der Waals surface area contributed by atoms with E-state index in [0.29, 0.717) is 6.04 Å². The van der Waals surface area contributed by atoms with Gasteiger partial charge in [-0.1, -0.05) is 19.8 Å². The van der Waals surface area contributed by atoms with E-state index in [4.69, 9.17) is 0 Å². The highest BCUT2D eigenvalue weighted by molar-refractivity contribution is 5.07. The van der Waals surface area contributed by atoms with Gasteiger partial charge in [-0.05, 0) is 38.1 Å². The molecule has 0 spiro atoms. The Labute approximate surface area is 98.0 Å². The van der Waals surface area contributed by atoms with Gasteiger partial charge >= 0.3 is 0 Å². The van der Waals surface area contributed by atoms with Crippen molar-refractivity contribution >= 4 is 0 Å². The third kappa shape index (κ3) is 3.08. The Morgan fingerprint density at radius 3 is 2.81 bits per heavy atom. The van der Waals surface area contributed by atoms with Crippen molar-refractivity contribution < 1.29 is 0 Å². The fourth-order valence-electron chi connectivity index (χ4n) is 2.49. The van der Waals surface area contributed by atoms with Gasteiger partial charge < -0.3 is 5.32 Å². The molecule has 2 rings (SSSR count). The van der Waals surface area contributed by atoms with E-state index < -0.39 is 0 Å². The van der Waals surface area contributed by atoms with E-state index in [9.17, 15) is 0 Å². The van der Waals surface area contributed by atoms with Crippen LogP contribution in [0.25, 0.3) is 0 Å². The molecular weight excluding hydrogens is 198 g/mol. The second kappa shape index (κ2) is 5.48. The smallest absolute Gasteiger partial charge is 0.0534 e. The second-order valence-corrected chi connectivity index (χ2v) is 5.29. The molecule has 0 aromatic carbocycles. The molecule has 90 valence electrons. The van der Waals surface area contributed by atoms with Crippen LogP contribution < -0.4 is 5.32 Å². The molecule has 3 heteroatoms. The quantitative estimate of drug-likeness (QED) is 0.820. The number of rotatable bonds is 4. The van der Waals surface area contributed by atoms with Gasteiger partial charge in [0.25, 0.3) is 0 Å². The molecule has 1 atom stereocenters. The second-order valence-electron chi connectivity index (χ2n) is 5.29. The lowest BCUT2D eigenvalue weighted by atomic mass is 9.83. The van der Waals surface area contributed by atoms with Gasteiger partial charge in [-0.15, -0.1) is 0 Å². The van der Waals surface area contributed by atoms with Crippen LogP contribution in [0.3, 0.4) is 0 Å². The third-order valence-corrected chi connectivity index (χ3v) is 3.87. The summed E-state index contributed by atoms with van der Waals surface area (Å²) < 4.78 is 0. The third-order valence-electron chi connectivity index (χ3n) is 3.87. The Hall–Kier alpha value is -0.830. The molecule has 0 amide bonds. The maximum atomic E-state index is 3.98. The highest BCUT2D eigenvalue weighted by Gasteiger charge is 2.18. The molecule has 1 saturated carbocycles. The van der Waals surface area contributed by atoms with E-state index in [1.54, 1.807) is 0 Å². The number of nitrogens with zero attached hydrogens (tertiary/aromatic N) is 1. The van der Waals surface area contributed by atoms with Crippen molar-refractivity contribution in [2.24, 2.45) is 11.8 Å². The molecule has 1 aliphatic carbocycles. The Balaban J connectivity index is 1.71. The zero-order chi connectivity index (χ0) is 11.4. The number of H-pyrrole nitrogens is 1. The van der Waals surface area contributed by atoms with E-state index >= 15 is 0 Å². The van der Waals surface area contributed by atoms with Crippen molar-refractivity contribution in [1.29, 1.82) is 0 Å². The standard InChI is InChI=1S/C13H23N3/c1-10-3-5-12(6-4-10)7-14-11(2)13-8-15-16-9-13/h8-12,14H,3-7H2,1-2H3,(H,15,16). The summed E-state index contributed by atoms with van der Waals surface area (Å²) in [5.41, 5.74) is 1.25. The van der Waals surface area contributed by atoms with Gasteiger partial charge in [0, 0.05) is 17.8 Å². The SMILES string of the molecule is CC1CCC(CNC(C)c2cn[nH]c2)CC1. The first-order valence-electron chi connectivity index (χ1n) is 6.47. The molecule has 0 bridgehead atoms. The number of aromatic amines is 1. The molecule has 1 unspecified atom stereocenters. The van der Waals surface area contributed by atoms with Crippen LogP contribution in [0.15, 0.2) is 12.4 Å². The predicted octanol–water partition coefficient (Wildman–Crippen LogP) is 2.89. The van der Waals surface area contributed by atoms with E-state index in [0.717, 1.165) is 18.4 Å². The highest BCUT2D eigenvalue weighted by Crippen LogP contribution is 2.28. The van der Waals surface area contributed by atoms with Gasteiger partial charge in [0.15, 0.2) is 0 Å². The molecule has 1 aromatic rings. The molecular formula is C13H23N3. The summed E-state index contributed by atoms with van der Waals surface area (Å²) in [5.74, 6) is 1.83. The molecule has 1 aliphatic rings. The Morgan fingerprint density at radius 2 is 2.19 bits per heavy atom. The van der Waals surface area contributed by atoms with Crippen LogP contribution in [0, 0.1) is 11.8 Å². The van der Waals surface area contributed by atoms with Crippen LogP contribution in [-0.4, -0.2) is 16.7 Å². The zero-order valence-electron chi connectivity index (χ0n) is 10.4. The summed E-state index contributed by atoms with van der Waals surface area (Å²) in [6.07, 6.45) is 9.48. The van der Waals surface area contributed by atoms with Crippen LogP contribution in [0.2, 0.25) is 0 Å². The summed E-state index contributed by atoms with van der Waals surface area (Å²) in [6.45, 7) is 5.73. The first kappa shape index (κ1) is 11.6. The molecule has 2 N–H and O–H groups in total. The van der Waals surface area contributed by atoms with E-state index in [2.05, 4.69) is 29.4 Å². The molecule has 0 aliphatic heterocycles. The molecule has 1 aromatic heterocycles. The van der Waals surface area contributed by atoms with Gasteiger partial charge in [0.2, 0.25) is 0 Å². The lowest BCUT2D eigenvalue weighted by Crippen LogP contribution is -2.28. The highest BCUT2D eigenvalue weighted by atomic mass is 15.1. The fraction of sp³-hybridized carbons (Fsp3) is 0.769. The lowest BCUT2D eigenvalue weighted by Gasteiger charge is -2.27. The fourth-order valence-corrected chi connectivity index (χ4v) is 2.49. The molecule has 16 heavy (non-hydrogen) atoms. The van der Waals surface area contributed by atoms with Gasteiger partial charge in [-0.3, -0.25) is 5.10 Å². The van der Waals surface area contributed by atoms with E-state index in [1.165, 1.54) is 31.2 Å². The van der Waals surface area contributed by atoms with Gasteiger partial charge in [-0.25, -0.2) is 0 Å². The summed E-state index contributed by atoms with van der Waals surface area (Å²) >= 11 is 0. The number of hydrogen-bond acceptors (Lipinski definition) is 2. The summed E-state index contributed by atoms with van der Waals surface area (Å²) in [7, 11) is 0. The minimum absolute atomic E-state index is 0.415. The van der Waals surface area contributed by atoms with Crippen molar-refractivity contribution in [3.63, 3.8) is 0 Å². The van der Waals surface area contributed by atoms with Crippen molar-refractivity contribution in [2.75, 3.05) is 6.54 Å². The normalized spacial score (nSPS) is 27.9. The van der Waals surface area contributed by atoms with Gasteiger partial charge in [-0.2, -0.15) is 5.10 Å². The van der Waals surface area contributed by atoms with Crippen LogP contribution in [0.1, 0.15) is 51.1 Å². The topological polar surface area (TPSA) is 40.7 Å². The molecule has 3 nitrogen and oxygen atoms in total. The minimum atomic E-state index is 0.415. The number of hydrogen-bond donors (Lipinski definition) is 2. The van der Waals surface area contributed by atoms with Crippen LogP contribution in [0.5, 0.6) is 0 Å². The molecule has 1 heterocycles. The van der Waals surface area contributed by atoms with E-state index in [-0.39, 0.29) is 0 Å². The monoisotopic (exact) mass is 221 g/mol. The van der Waals surface area contributed by atoms with Gasteiger partial charge in [0.05, 0.1) is 6.20 Å². The Kier molecular flexibility index (Phi) is 3.99. The van der Waals surface area contributed by atoms with Gasteiger partial charge in [0.1, 0.15) is 0 Å². The summed E-state index contributed by atoms with van der Waals surface area (Å²) in [6, 6.07) is 0.415. The zero-order valence-corrected chi connectivity index (χ0v) is 10.4. The summed E-state index contributed by atoms with van der Waals surface area (Å²) in [5, 5.41) is 10.5. The predicted molar refractivity (Wildman–Crippen MR) is 66.1 cm³/mol. The van der Waals surface area contributed by atoms with Crippen LogP contribution >= 0.6 is 0 Å². The molecule has 0 radical (unpaired) electrons. The average Bonchev–Trinajstić information content (AvgIpc) is 2.81. The largest absolute Gasteiger partial charge is 0.310 e. The van der Waals surface area contributed by atoms with Crippen LogP contribution in [0.4, 0.5) is 0 Å². The Bertz CT molecular complexity index is 286. The average molecular weight is 221 g/mol. The maximum Gasteiger partial charge on any atom is 0.0534 e. The number of nitrogens with one attached hydrogen (secondary N) is 2. The molecule has 1 fully saturated rings. The maximum absolute atomic E-state index is 3.98. The number of aromatic nitrogens is 2. The van der Waals surface area contributed by atoms with Crippen molar-refractivity contribution in [2.45, 2.75) is 45.6 Å².